The minimum absolute atomic E-state index is 0.0145. The minimum atomic E-state index is -0.190. The molecule has 2 N–H and O–H groups in total. The second kappa shape index (κ2) is 7.11. The van der Waals surface area contributed by atoms with E-state index in [0.29, 0.717) is 23.0 Å². The Labute approximate surface area is 196 Å². The SMILES string of the molecule is CC1(C)CN(C(=O)C23CC4C(Sc5ccccc5)C2CC4(c2ccccc2)C3)CC[C@@H]1N. The van der Waals surface area contributed by atoms with E-state index in [4.69, 9.17) is 5.73 Å². The third-order valence-corrected chi connectivity index (χ3v) is 10.9. The van der Waals surface area contributed by atoms with Crippen molar-refractivity contribution in [3.8, 4) is 0 Å². The Morgan fingerprint density at radius 2 is 1.69 bits per heavy atom. The van der Waals surface area contributed by atoms with Gasteiger partial charge < -0.3 is 10.6 Å². The summed E-state index contributed by atoms with van der Waals surface area (Å²) in [5, 5.41) is 0.523. The molecule has 7 rings (SSSR count). The molecule has 0 radical (unpaired) electrons. The van der Waals surface area contributed by atoms with E-state index in [0.717, 1.165) is 38.8 Å². The number of carbonyl (C=O) groups is 1. The first-order valence-electron chi connectivity index (χ1n) is 12.2. The number of thioether (sulfide) groups is 1. The van der Waals surface area contributed by atoms with E-state index in [2.05, 4.69) is 79.4 Å². The topological polar surface area (TPSA) is 46.3 Å². The molecule has 5 unspecified atom stereocenters. The average Bonchev–Trinajstić information content (AvgIpc) is 3.50. The predicted molar refractivity (Wildman–Crippen MR) is 130 cm³/mol. The summed E-state index contributed by atoms with van der Waals surface area (Å²) in [5.74, 6) is 1.46. The molecule has 6 atom stereocenters. The lowest BCUT2D eigenvalue weighted by molar-refractivity contribution is -0.146. The number of carbonyl (C=O) groups excluding carboxylic acids is 1. The molecule has 5 aliphatic rings. The molecule has 1 saturated heterocycles. The molecule has 5 fully saturated rings. The fraction of sp³-hybridized carbons (Fsp3) is 0.536. The van der Waals surface area contributed by atoms with Crippen molar-refractivity contribution in [2.24, 2.45) is 28.4 Å². The minimum Gasteiger partial charge on any atom is -0.342 e. The van der Waals surface area contributed by atoms with Crippen molar-refractivity contribution in [3.05, 3.63) is 66.2 Å². The summed E-state index contributed by atoms with van der Waals surface area (Å²) in [6.07, 6.45) is 4.16. The zero-order chi connectivity index (χ0) is 22.1. The maximum Gasteiger partial charge on any atom is 0.229 e. The standard InChI is InChI=1S/C28H34N2OS/c1-26(2)18-30(14-13-23(26)29)25(31)28-16-21-24(32-20-11-7-4-8-12-20)22(28)15-27(21,17-28)19-9-5-3-6-10-19/h3-12,21-24H,13-18,29H2,1-2H3/t21?,22?,23-,24?,27?,28?/m0/s1. The van der Waals surface area contributed by atoms with Crippen molar-refractivity contribution in [2.45, 2.75) is 61.1 Å². The van der Waals surface area contributed by atoms with Crippen molar-refractivity contribution in [3.63, 3.8) is 0 Å². The molecule has 4 saturated carbocycles. The molecule has 168 valence electrons. The summed E-state index contributed by atoms with van der Waals surface area (Å²) >= 11 is 2.03. The predicted octanol–water partition coefficient (Wildman–Crippen LogP) is 5.10. The van der Waals surface area contributed by atoms with Gasteiger partial charge in [0, 0.05) is 34.7 Å². The Morgan fingerprint density at radius 3 is 2.38 bits per heavy atom. The third kappa shape index (κ3) is 2.81. The first-order valence-corrected chi connectivity index (χ1v) is 13.1. The first kappa shape index (κ1) is 20.8. The van der Waals surface area contributed by atoms with Crippen LogP contribution in [0.25, 0.3) is 0 Å². The zero-order valence-electron chi connectivity index (χ0n) is 19.2. The highest BCUT2D eigenvalue weighted by Gasteiger charge is 2.77. The van der Waals surface area contributed by atoms with E-state index < -0.39 is 0 Å². The second-order valence-corrected chi connectivity index (χ2v) is 12.7. The molecule has 4 heteroatoms. The van der Waals surface area contributed by atoms with Crippen molar-refractivity contribution >= 4 is 17.7 Å². The number of likely N-dealkylation sites (tertiary alicyclic amines) is 1. The van der Waals surface area contributed by atoms with Gasteiger partial charge in [0.25, 0.3) is 0 Å². The molecule has 1 heterocycles. The van der Waals surface area contributed by atoms with E-state index in [9.17, 15) is 4.79 Å². The van der Waals surface area contributed by atoms with Gasteiger partial charge in [-0.25, -0.2) is 0 Å². The molecule has 0 aromatic heterocycles. The van der Waals surface area contributed by atoms with Crippen molar-refractivity contribution < 1.29 is 4.79 Å². The number of hydrogen-bond acceptors (Lipinski definition) is 3. The Hall–Kier alpha value is -1.78. The quantitative estimate of drug-likeness (QED) is 0.711. The van der Waals surface area contributed by atoms with Gasteiger partial charge in [-0.05, 0) is 60.6 Å². The third-order valence-electron chi connectivity index (χ3n) is 9.40. The molecule has 1 aliphatic heterocycles. The molecule has 2 aromatic carbocycles. The number of benzene rings is 2. The van der Waals surface area contributed by atoms with Crippen LogP contribution in [0, 0.1) is 22.7 Å². The summed E-state index contributed by atoms with van der Waals surface area (Å²) in [4.78, 5) is 17.8. The lowest BCUT2D eigenvalue weighted by atomic mass is 9.74. The van der Waals surface area contributed by atoms with Gasteiger partial charge in [-0.15, -0.1) is 11.8 Å². The molecular weight excluding hydrogens is 412 g/mol. The van der Waals surface area contributed by atoms with Crippen LogP contribution in [-0.2, 0) is 10.2 Å². The van der Waals surface area contributed by atoms with Crippen LogP contribution in [0.2, 0.25) is 0 Å². The summed E-state index contributed by atoms with van der Waals surface area (Å²) in [7, 11) is 0. The highest BCUT2D eigenvalue weighted by atomic mass is 32.2. The first-order chi connectivity index (χ1) is 15.4. The van der Waals surface area contributed by atoms with Crippen LogP contribution in [0.3, 0.4) is 0 Å². The lowest BCUT2D eigenvalue weighted by Crippen LogP contribution is -2.57. The summed E-state index contributed by atoms with van der Waals surface area (Å²) in [6, 6.07) is 22.1. The van der Waals surface area contributed by atoms with Gasteiger partial charge in [-0.3, -0.25) is 4.79 Å². The van der Waals surface area contributed by atoms with Crippen LogP contribution in [-0.4, -0.2) is 35.2 Å². The average molecular weight is 447 g/mol. The van der Waals surface area contributed by atoms with Gasteiger partial charge in [0.05, 0.1) is 5.41 Å². The monoisotopic (exact) mass is 446 g/mol. The number of rotatable bonds is 4. The van der Waals surface area contributed by atoms with Crippen molar-refractivity contribution in [2.75, 3.05) is 13.1 Å². The van der Waals surface area contributed by atoms with Crippen LogP contribution in [0.1, 0.15) is 45.1 Å². The van der Waals surface area contributed by atoms with Crippen LogP contribution in [0.15, 0.2) is 65.6 Å². The molecule has 4 bridgehead atoms. The van der Waals surface area contributed by atoms with E-state index in [1.165, 1.54) is 10.5 Å². The summed E-state index contributed by atoms with van der Waals surface area (Å²) in [5.41, 5.74) is 7.82. The summed E-state index contributed by atoms with van der Waals surface area (Å²) in [6.45, 7) is 6.05. The molecule has 3 nitrogen and oxygen atoms in total. The van der Waals surface area contributed by atoms with E-state index in [1.807, 2.05) is 11.8 Å². The lowest BCUT2D eigenvalue weighted by Gasteiger charge is -2.46. The molecule has 1 amide bonds. The number of nitrogens with two attached hydrogens (primary N) is 1. The van der Waals surface area contributed by atoms with E-state index in [1.54, 1.807) is 0 Å². The molecule has 0 spiro atoms. The van der Waals surface area contributed by atoms with Gasteiger partial charge in [0.15, 0.2) is 0 Å². The van der Waals surface area contributed by atoms with Gasteiger partial charge in [-0.2, -0.15) is 0 Å². The molecular formula is C28H34N2OS. The van der Waals surface area contributed by atoms with Gasteiger partial charge in [-0.1, -0.05) is 62.4 Å². The van der Waals surface area contributed by atoms with Gasteiger partial charge >= 0.3 is 0 Å². The molecule has 4 aliphatic carbocycles. The van der Waals surface area contributed by atoms with E-state index in [-0.39, 0.29) is 22.3 Å². The number of hydrogen-bond donors (Lipinski definition) is 1. The van der Waals surface area contributed by atoms with Crippen LogP contribution >= 0.6 is 11.8 Å². The van der Waals surface area contributed by atoms with Crippen LogP contribution < -0.4 is 5.73 Å². The van der Waals surface area contributed by atoms with Crippen LogP contribution in [0.5, 0.6) is 0 Å². The number of amides is 1. The fourth-order valence-electron chi connectivity index (χ4n) is 7.80. The second-order valence-electron chi connectivity index (χ2n) is 11.5. The largest absolute Gasteiger partial charge is 0.342 e. The highest BCUT2D eigenvalue weighted by molar-refractivity contribution is 8.00. The van der Waals surface area contributed by atoms with Gasteiger partial charge in [0.2, 0.25) is 5.91 Å². The zero-order valence-corrected chi connectivity index (χ0v) is 20.0. The fourth-order valence-corrected chi connectivity index (χ4v) is 9.47. The maximum atomic E-state index is 14.3. The van der Waals surface area contributed by atoms with E-state index >= 15 is 0 Å². The van der Waals surface area contributed by atoms with Crippen LogP contribution in [0.4, 0.5) is 0 Å². The summed E-state index contributed by atoms with van der Waals surface area (Å²) < 4.78 is 0. The smallest absolute Gasteiger partial charge is 0.229 e. The Balaban J connectivity index is 1.36. The molecule has 2 aromatic rings. The van der Waals surface area contributed by atoms with Crippen molar-refractivity contribution in [1.29, 1.82) is 0 Å². The van der Waals surface area contributed by atoms with Crippen molar-refractivity contribution in [1.82, 2.24) is 4.90 Å². The Bertz CT molecular complexity index is 1020. The number of piperidine rings is 1. The van der Waals surface area contributed by atoms with Gasteiger partial charge in [0.1, 0.15) is 0 Å². The Morgan fingerprint density at radius 1 is 1.00 bits per heavy atom. The normalized spacial score (nSPS) is 39.0. The maximum absolute atomic E-state index is 14.3. The highest BCUT2D eigenvalue weighted by Crippen LogP contribution is 2.78. The Kier molecular flexibility index (Phi) is 4.62. The molecule has 32 heavy (non-hydrogen) atoms. The number of nitrogens with zero attached hydrogens (tertiary/aromatic N) is 1.